The Morgan fingerprint density at radius 1 is 1.33 bits per heavy atom. The highest BCUT2D eigenvalue weighted by Gasteiger charge is 1.78. The van der Waals surface area contributed by atoms with Crippen LogP contribution in [0.4, 0.5) is 0 Å². The summed E-state index contributed by atoms with van der Waals surface area (Å²) in [5.41, 5.74) is 0. The van der Waals surface area contributed by atoms with Crippen LogP contribution in [0.5, 0.6) is 0 Å². The minimum absolute atomic E-state index is 0.984. The molecule has 0 amide bonds. The fourth-order valence-electron chi connectivity index (χ4n) is 0.517. The van der Waals surface area contributed by atoms with Crippen LogP contribution in [0, 0.1) is 0 Å². The standard InChI is InChI=1S/C7H16N2/c1-3-4-5-9-7-6-8-2/h3-4,8-9H,5-7H2,1-2H3/b4-3-. The molecule has 9 heavy (non-hydrogen) atoms. The molecule has 0 bridgehead atoms. The summed E-state index contributed by atoms with van der Waals surface area (Å²) in [5, 5.41) is 6.30. The van der Waals surface area contributed by atoms with E-state index in [2.05, 4.69) is 16.7 Å². The highest BCUT2D eigenvalue weighted by molar-refractivity contribution is 4.79. The first-order chi connectivity index (χ1) is 4.41. The van der Waals surface area contributed by atoms with Crippen LogP contribution in [-0.2, 0) is 0 Å². The third-order valence-electron chi connectivity index (χ3n) is 1.05. The Kier molecular flexibility index (Phi) is 7.37. The van der Waals surface area contributed by atoms with Crippen LogP contribution in [0.2, 0.25) is 0 Å². The van der Waals surface area contributed by atoms with Gasteiger partial charge in [-0.1, -0.05) is 12.2 Å². The molecule has 0 saturated carbocycles. The van der Waals surface area contributed by atoms with Crippen molar-refractivity contribution >= 4 is 0 Å². The molecule has 0 fully saturated rings. The van der Waals surface area contributed by atoms with E-state index in [0.717, 1.165) is 19.6 Å². The summed E-state index contributed by atoms with van der Waals surface area (Å²) in [6, 6.07) is 0. The number of allylic oxidation sites excluding steroid dienone is 1. The van der Waals surface area contributed by atoms with E-state index in [-0.39, 0.29) is 0 Å². The first kappa shape index (κ1) is 8.66. The minimum atomic E-state index is 0.984. The molecule has 54 valence electrons. The maximum Gasteiger partial charge on any atom is 0.0135 e. The van der Waals surface area contributed by atoms with Crippen molar-refractivity contribution in [2.75, 3.05) is 26.7 Å². The molecular weight excluding hydrogens is 112 g/mol. The van der Waals surface area contributed by atoms with E-state index in [1.807, 2.05) is 20.0 Å². The normalized spacial score (nSPS) is 10.9. The molecule has 0 atom stereocenters. The molecule has 0 heterocycles. The van der Waals surface area contributed by atoms with Gasteiger partial charge in [-0.25, -0.2) is 0 Å². The van der Waals surface area contributed by atoms with Gasteiger partial charge in [-0.3, -0.25) is 0 Å². The second-order valence-corrected chi connectivity index (χ2v) is 1.88. The van der Waals surface area contributed by atoms with Crippen molar-refractivity contribution in [3.63, 3.8) is 0 Å². The number of nitrogens with one attached hydrogen (secondary N) is 2. The summed E-state index contributed by atoms with van der Waals surface area (Å²) in [4.78, 5) is 0. The lowest BCUT2D eigenvalue weighted by Crippen LogP contribution is -2.24. The van der Waals surface area contributed by atoms with E-state index in [4.69, 9.17) is 0 Å². The zero-order valence-electron chi connectivity index (χ0n) is 6.28. The van der Waals surface area contributed by atoms with Gasteiger partial charge in [0, 0.05) is 19.6 Å². The summed E-state index contributed by atoms with van der Waals surface area (Å²) in [6.45, 7) is 5.09. The Balaban J connectivity index is 2.75. The van der Waals surface area contributed by atoms with Crippen molar-refractivity contribution in [2.24, 2.45) is 0 Å². The summed E-state index contributed by atoms with van der Waals surface area (Å²) in [6.07, 6.45) is 4.15. The number of rotatable bonds is 5. The zero-order chi connectivity index (χ0) is 6.95. The van der Waals surface area contributed by atoms with E-state index in [0.29, 0.717) is 0 Å². The highest BCUT2D eigenvalue weighted by Crippen LogP contribution is 1.65. The van der Waals surface area contributed by atoms with Crippen molar-refractivity contribution in [3.8, 4) is 0 Å². The Bertz CT molecular complexity index is 69.3. The lowest BCUT2D eigenvalue weighted by Gasteiger charge is -1.98. The molecule has 2 N–H and O–H groups in total. The van der Waals surface area contributed by atoms with Crippen LogP contribution in [0.15, 0.2) is 12.2 Å². The number of hydrogen-bond acceptors (Lipinski definition) is 2. The van der Waals surface area contributed by atoms with Crippen molar-refractivity contribution in [3.05, 3.63) is 12.2 Å². The first-order valence-electron chi connectivity index (χ1n) is 3.38. The predicted molar refractivity (Wildman–Crippen MR) is 41.6 cm³/mol. The third kappa shape index (κ3) is 7.66. The molecule has 0 aromatic rings. The van der Waals surface area contributed by atoms with Crippen molar-refractivity contribution in [2.45, 2.75) is 6.92 Å². The van der Waals surface area contributed by atoms with E-state index in [9.17, 15) is 0 Å². The number of hydrogen-bond donors (Lipinski definition) is 2. The van der Waals surface area contributed by atoms with Crippen LogP contribution in [-0.4, -0.2) is 26.7 Å². The van der Waals surface area contributed by atoms with Crippen LogP contribution in [0.25, 0.3) is 0 Å². The Morgan fingerprint density at radius 3 is 2.67 bits per heavy atom. The van der Waals surface area contributed by atoms with E-state index >= 15 is 0 Å². The van der Waals surface area contributed by atoms with Crippen LogP contribution >= 0.6 is 0 Å². The largest absolute Gasteiger partial charge is 0.318 e. The average molecular weight is 128 g/mol. The molecule has 0 aliphatic carbocycles. The van der Waals surface area contributed by atoms with Gasteiger partial charge in [-0.15, -0.1) is 0 Å². The molecule has 0 rings (SSSR count). The molecular formula is C7H16N2. The average Bonchev–Trinajstić information content (AvgIpc) is 1.89. The van der Waals surface area contributed by atoms with Gasteiger partial charge in [0.15, 0.2) is 0 Å². The number of likely N-dealkylation sites (N-methyl/N-ethyl adjacent to an activating group) is 1. The molecule has 0 aromatic heterocycles. The molecule has 0 aliphatic heterocycles. The Labute approximate surface area is 57.3 Å². The molecule has 0 aliphatic rings. The van der Waals surface area contributed by atoms with Crippen LogP contribution < -0.4 is 10.6 Å². The van der Waals surface area contributed by atoms with Gasteiger partial charge in [-0.05, 0) is 14.0 Å². The van der Waals surface area contributed by atoms with E-state index < -0.39 is 0 Å². The SMILES string of the molecule is C/C=C\CNCCNC. The quantitative estimate of drug-likeness (QED) is 0.413. The molecule has 0 unspecified atom stereocenters. The van der Waals surface area contributed by atoms with E-state index in [1.54, 1.807) is 0 Å². The monoisotopic (exact) mass is 128 g/mol. The Hall–Kier alpha value is -0.340. The zero-order valence-corrected chi connectivity index (χ0v) is 6.28. The fourth-order valence-corrected chi connectivity index (χ4v) is 0.517. The lowest BCUT2D eigenvalue weighted by atomic mass is 10.5. The topological polar surface area (TPSA) is 24.1 Å². The maximum absolute atomic E-state index is 3.24. The van der Waals surface area contributed by atoms with Gasteiger partial charge >= 0.3 is 0 Å². The third-order valence-corrected chi connectivity index (χ3v) is 1.05. The van der Waals surface area contributed by atoms with Crippen LogP contribution in [0.1, 0.15) is 6.92 Å². The molecule has 0 radical (unpaired) electrons. The minimum Gasteiger partial charge on any atom is -0.318 e. The summed E-state index contributed by atoms with van der Waals surface area (Å²) < 4.78 is 0. The molecule has 0 saturated heterocycles. The van der Waals surface area contributed by atoms with Gasteiger partial charge in [-0.2, -0.15) is 0 Å². The van der Waals surface area contributed by atoms with E-state index in [1.165, 1.54) is 0 Å². The van der Waals surface area contributed by atoms with Crippen molar-refractivity contribution in [1.29, 1.82) is 0 Å². The maximum atomic E-state index is 3.24. The smallest absolute Gasteiger partial charge is 0.0135 e. The lowest BCUT2D eigenvalue weighted by molar-refractivity contribution is 0.690. The van der Waals surface area contributed by atoms with Gasteiger partial charge < -0.3 is 10.6 Å². The second-order valence-electron chi connectivity index (χ2n) is 1.88. The van der Waals surface area contributed by atoms with Crippen LogP contribution in [0.3, 0.4) is 0 Å². The van der Waals surface area contributed by atoms with Crippen molar-refractivity contribution in [1.82, 2.24) is 10.6 Å². The second kappa shape index (κ2) is 7.66. The summed E-state index contributed by atoms with van der Waals surface area (Å²) >= 11 is 0. The van der Waals surface area contributed by atoms with Crippen molar-refractivity contribution < 1.29 is 0 Å². The van der Waals surface area contributed by atoms with Gasteiger partial charge in [0.1, 0.15) is 0 Å². The molecule has 0 aromatic carbocycles. The Morgan fingerprint density at radius 2 is 2.11 bits per heavy atom. The summed E-state index contributed by atoms with van der Waals surface area (Å²) in [5.74, 6) is 0. The van der Waals surface area contributed by atoms with Gasteiger partial charge in [0.2, 0.25) is 0 Å². The molecule has 2 heteroatoms. The predicted octanol–water partition coefficient (Wildman–Crippen LogP) is 0.371. The highest BCUT2D eigenvalue weighted by atomic mass is 14.9. The first-order valence-corrected chi connectivity index (χ1v) is 3.38. The fraction of sp³-hybridized carbons (Fsp3) is 0.714. The van der Waals surface area contributed by atoms with Gasteiger partial charge in [0.25, 0.3) is 0 Å². The summed E-state index contributed by atoms with van der Waals surface area (Å²) in [7, 11) is 1.96. The molecule has 0 spiro atoms. The van der Waals surface area contributed by atoms with Gasteiger partial charge in [0.05, 0.1) is 0 Å². The molecule has 2 nitrogen and oxygen atoms in total.